The van der Waals surface area contributed by atoms with Crippen LogP contribution in [-0.4, -0.2) is 68.1 Å². The van der Waals surface area contributed by atoms with Crippen LogP contribution in [-0.2, 0) is 0 Å². The minimum absolute atomic E-state index is 0.0479. The Balaban J connectivity index is 2.06. The van der Waals surface area contributed by atoms with Gasteiger partial charge in [-0.2, -0.15) is 0 Å². The van der Waals surface area contributed by atoms with E-state index in [2.05, 4.69) is 22.9 Å². The van der Waals surface area contributed by atoms with Gasteiger partial charge in [0.05, 0.1) is 0 Å². The van der Waals surface area contributed by atoms with Gasteiger partial charge in [-0.3, -0.25) is 0 Å². The Morgan fingerprint density at radius 3 is 2.69 bits per heavy atom. The molecule has 2 heterocycles. The zero-order valence-electron chi connectivity index (χ0n) is 9.98. The number of piperazine rings is 1. The number of nitrogens with two attached hydrogens (primary N) is 1. The second-order valence-corrected chi connectivity index (χ2v) is 12.9. The van der Waals surface area contributed by atoms with E-state index in [-0.39, 0.29) is 3.66 Å². The van der Waals surface area contributed by atoms with Crippen LogP contribution in [0.3, 0.4) is 0 Å². The Bertz CT molecular complexity index is 298. The van der Waals surface area contributed by atoms with Crippen molar-refractivity contribution in [1.29, 1.82) is 0 Å². The third-order valence-electron chi connectivity index (χ3n) is 3.62. The van der Waals surface area contributed by atoms with Gasteiger partial charge in [0.25, 0.3) is 0 Å². The fourth-order valence-corrected chi connectivity index (χ4v) is 10.2. The fourth-order valence-electron chi connectivity index (χ4n) is 2.56. The monoisotopic (exact) mass is 325 g/mol. The third-order valence-corrected chi connectivity index (χ3v) is 12.1. The van der Waals surface area contributed by atoms with Crippen molar-refractivity contribution in [2.24, 2.45) is 5.73 Å². The van der Waals surface area contributed by atoms with Crippen molar-refractivity contribution in [3.05, 3.63) is 9.53 Å². The topological polar surface area (TPSA) is 49.6 Å². The summed E-state index contributed by atoms with van der Waals surface area (Å²) in [6, 6.07) is 0. The summed E-state index contributed by atoms with van der Waals surface area (Å²) >= 11 is -2.25. The molecule has 0 aliphatic carbocycles. The molecule has 0 aromatic rings. The van der Waals surface area contributed by atoms with Crippen molar-refractivity contribution in [3.63, 3.8) is 0 Å². The maximum absolute atomic E-state index is 11.5. The molecule has 0 saturated carbocycles. The van der Waals surface area contributed by atoms with E-state index in [0.29, 0.717) is 0 Å². The zero-order valence-corrected chi connectivity index (χ0v) is 13.3. The van der Waals surface area contributed by atoms with Crippen molar-refractivity contribution in [3.8, 4) is 0 Å². The van der Waals surface area contributed by atoms with Crippen molar-refractivity contribution in [2.45, 2.75) is 17.0 Å². The summed E-state index contributed by atoms with van der Waals surface area (Å²) in [5, 5.41) is 0. The van der Waals surface area contributed by atoms with Crippen LogP contribution >= 0.6 is 0 Å². The van der Waals surface area contributed by atoms with Crippen LogP contribution in [0.2, 0.25) is 4.18 Å². The number of hydrogen-bond donors (Lipinski definition) is 1. The van der Waals surface area contributed by atoms with E-state index in [4.69, 9.17) is 5.73 Å². The molecular weight excluding hydrogens is 305 g/mol. The van der Waals surface area contributed by atoms with Gasteiger partial charge in [0.15, 0.2) is 0 Å². The third kappa shape index (κ3) is 2.74. The molecule has 16 heavy (non-hydrogen) atoms. The van der Waals surface area contributed by atoms with Crippen molar-refractivity contribution < 1.29 is 4.79 Å². The molecule has 0 aromatic heterocycles. The molecule has 2 aliphatic heterocycles. The minimum atomic E-state index is -2.25. The first-order valence-corrected chi connectivity index (χ1v) is 11.7. The SMILES string of the molecule is CN1CCN([C]2=CCC[CH2][In]2[C](N)=O)CC1. The van der Waals surface area contributed by atoms with Gasteiger partial charge in [0.1, 0.15) is 0 Å². The van der Waals surface area contributed by atoms with Gasteiger partial charge in [0.2, 0.25) is 0 Å². The summed E-state index contributed by atoms with van der Waals surface area (Å²) in [6.45, 7) is 4.36. The number of hydrogen-bond acceptors (Lipinski definition) is 3. The molecule has 0 unspecified atom stereocenters. The molecule has 0 radical (unpaired) electrons. The summed E-state index contributed by atoms with van der Waals surface area (Å²) in [5.74, 6) is 0. The van der Waals surface area contributed by atoms with E-state index >= 15 is 0 Å². The zero-order chi connectivity index (χ0) is 11.5. The second-order valence-electron chi connectivity index (χ2n) is 4.81. The number of likely N-dealkylation sites (N-methyl/N-ethyl adjacent to an activating group) is 1. The standard InChI is InChI=1S/C10H18N2.CH2NO.In/c1-3-4-5-6-12-9-7-11(2)8-10-12;2-1-3;/h5H,1,3-4,7-10H2,2H3;(H2,2,3);. The molecule has 4 nitrogen and oxygen atoms in total. The molecule has 88 valence electrons. The number of allylic oxidation sites excluding steroid dienone is 1. The van der Waals surface area contributed by atoms with Crippen molar-refractivity contribution in [1.82, 2.24) is 9.80 Å². The van der Waals surface area contributed by atoms with Crippen molar-refractivity contribution >= 4 is 25.1 Å². The Morgan fingerprint density at radius 1 is 1.38 bits per heavy atom. The number of rotatable bonds is 2. The first kappa shape index (κ1) is 12.3. The van der Waals surface area contributed by atoms with E-state index in [0.717, 1.165) is 36.8 Å². The van der Waals surface area contributed by atoms with E-state index in [1.54, 1.807) is 0 Å². The summed E-state index contributed by atoms with van der Waals surface area (Å²) in [6.07, 6.45) is 4.63. The number of nitrogens with zero attached hydrogens (tertiary/aromatic N) is 2. The van der Waals surface area contributed by atoms with E-state index in [1.165, 1.54) is 9.87 Å². The molecule has 2 N–H and O–H groups in total. The van der Waals surface area contributed by atoms with Crippen LogP contribution in [0, 0.1) is 0 Å². The van der Waals surface area contributed by atoms with Crippen LogP contribution in [0.15, 0.2) is 9.53 Å². The van der Waals surface area contributed by atoms with E-state index in [1.807, 2.05) is 0 Å². The molecule has 0 spiro atoms. The Morgan fingerprint density at radius 2 is 2.06 bits per heavy atom. The number of amides is 1. The van der Waals surface area contributed by atoms with Gasteiger partial charge in [-0.05, 0) is 0 Å². The van der Waals surface area contributed by atoms with E-state index in [9.17, 15) is 4.79 Å². The van der Waals surface area contributed by atoms with Gasteiger partial charge in [0, 0.05) is 0 Å². The van der Waals surface area contributed by atoms with Crippen LogP contribution in [0.1, 0.15) is 12.8 Å². The van der Waals surface area contributed by atoms with Gasteiger partial charge >= 0.3 is 105 Å². The van der Waals surface area contributed by atoms with Crippen LogP contribution in [0.5, 0.6) is 0 Å². The molecule has 0 aromatic carbocycles. The summed E-state index contributed by atoms with van der Waals surface area (Å²) in [7, 11) is 2.15. The number of primary amides is 1. The average molecular weight is 325 g/mol. The summed E-state index contributed by atoms with van der Waals surface area (Å²) in [5.41, 5.74) is 5.57. The van der Waals surface area contributed by atoms with Crippen molar-refractivity contribution in [2.75, 3.05) is 33.2 Å². The van der Waals surface area contributed by atoms with E-state index < -0.39 is 21.4 Å². The Kier molecular flexibility index (Phi) is 4.19. The molecule has 2 aliphatic rings. The van der Waals surface area contributed by atoms with Gasteiger partial charge in [-0.1, -0.05) is 0 Å². The molecular formula is C11H20InN3O. The fraction of sp³-hybridized carbons (Fsp3) is 0.727. The average Bonchev–Trinajstić information content (AvgIpc) is 2.30. The summed E-state index contributed by atoms with van der Waals surface area (Å²) < 4.78 is 2.58. The van der Waals surface area contributed by atoms with Gasteiger partial charge in [-0.25, -0.2) is 0 Å². The first-order chi connectivity index (χ1) is 7.68. The van der Waals surface area contributed by atoms with Crippen LogP contribution in [0.25, 0.3) is 0 Å². The molecule has 1 amide bonds. The van der Waals surface area contributed by atoms with Crippen LogP contribution in [0.4, 0.5) is 4.79 Å². The second kappa shape index (κ2) is 5.45. The van der Waals surface area contributed by atoms with Crippen LogP contribution < -0.4 is 5.73 Å². The molecule has 1 fully saturated rings. The predicted molar refractivity (Wildman–Crippen MR) is 66.5 cm³/mol. The molecule has 0 bridgehead atoms. The number of carbonyl (C=O) groups is 1. The number of carbonyl (C=O) groups excluding carboxylic acids is 1. The quantitative estimate of drug-likeness (QED) is 0.809. The normalized spacial score (nSPS) is 23.2. The molecule has 2 rings (SSSR count). The molecule has 1 saturated heterocycles. The predicted octanol–water partition coefficient (Wildman–Crippen LogP) is 0.606. The Hall–Kier alpha value is -0.160. The van der Waals surface area contributed by atoms with Gasteiger partial charge < -0.3 is 0 Å². The maximum atomic E-state index is 11.5. The first-order valence-electron chi connectivity index (χ1n) is 6.11. The van der Waals surface area contributed by atoms with Gasteiger partial charge in [-0.15, -0.1) is 0 Å². The molecule has 5 heteroatoms. The summed E-state index contributed by atoms with van der Waals surface area (Å²) in [4.78, 5) is 16.3. The molecule has 0 atom stereocenters. The Labute approximate surface area is 105 Å².